The summed E-state index contributed by atoms with van der Waals surface area (Å²) < 4.78 is 23.6. The van der Waals surface area contributed by atoms with Crippen LogP contribution in [0, 0.1) is 13.7 Å². The summed E-state index contributed by atoms with van der Waals surface area (Å²) in [5, 5.41) is 10.8. The molecule has 0 N–H and O–H groups in total. The summed E-state index contributed by atoms with van der Waals surface area (Å²) in [5.41, 5.74) is 0.916. The Labute approximate surface area is 125 Å². The Morgan fingerprint density at radius 1 is 1.26 bits per heavy atom. The summed E-state index contributed by atoms with van der Waals surface area (Å²) in [6, 6.07) is 4.88. The molecule has 1 saturated heterocycles. The Morgan fingerprint density at radius 3 is 2.63 bits per heavy atom. The van der Waals surface area contributed by atoms with E-state index in [0.717, 1.165) is 5.69 Å². The van der Waals surface area contributed by atoms with E-state index in [4.69, 9.17) is 0 Å². The number of benzene rings is 1. The van der Waals surface area contributed by atoms with Crippen molar-refractivity contribution in [1.29, 1.82) is 0 Å². The maximum Gasteiger partial charge on any atom is 0.282 e. The first-order chi connectivity index (χ1) is 8.89. The molecule has 1 fully saturated rings. The van der Waals surface area contributed by atoms with Crippen LogP contribution in [0.25, 0.3) is 0 Å². The first kappa shape index (κ1) is 14.5. The first-order valence-corrected chi connectivity index (χ1v) is 8.68. The third kappa shape index (κ3) is 3.56. The highest BCUT2D eigenvalue weighted by Gasteiger charge is 2.20. The molecule has 0 unspecified atom stereocenters. The lowest BCUT2D eigenvalue weighted by Gasteiger charge is -2.22. The molecular formula is C11H13IN2O4S. The highest BCUT2D eigenvalue weighted by atomic mass is 127. The number of nitrogens with zero attached hydrogens (tertiary/aromatic N) is 2. The molecule has 8 heteroatoms. The zero-order chi connectivity index (χ0) is 14.0. The van der Waals surface area contributed by atoms with Gasteiger partial charge in [-0.2, -0.15) is 0 Å². The van der Waals surface area contributed by atoms with Crippen molar-refractivity contribution in [2.24, 2.45) is 0 Å². The summed E-state index contributed by atoms with van der Waals surface area (Å²) >= 11 is 1.93. The van der Waals surface area contributed by atoms with Gasteiger partial charge in [-0.25, -0.2) is 8.42 Å². The van der Waals surface area contributed by atoms with Crippen molar-refractivity contribution in [1.82, 2.24) is 0 Å². The molecule has 6 nitrogen and oxygen atoms in total. The van der Waals surface area contributed by atoms with Gasteiger partial charge >= 0.3 is 0 Å². The number of hydrogen-bond acceptors (Lipinski definition) is 5. The van der Waals surface area contributed by atoms with E-state index >= 15 is 0 Å². The normalized spacial score (nSPS) is 18.9. The van der Waals surface area contributed by atoms with Crippen LogP contribution in [0.4, 0.5) is 11.4 Å². The molecule has 0 spiro atoms. The van der Waals surface area contributed by atoms with Crippen LogP contribution in [0.1, 0.15) is 6.42 Å². The molecule has 2 rings (SSSR count). The van der Waals surface area contributed by atoms with E-state index in [1.54, 1.807) is 12.1 Å². The van der Waals surface area contributed by atoms with E-state index < -0.39 is 14.8 Å². The highest BCUT2D eigenvalue weighted by Crippen LogP contribution is 2.27. The van der Waals surface area contributed by atoms with Gasteiger partial charge in [0.15, 0.2) is 9.84 Å². The van der Waals surface area contributed by atoms with Gasteiger partial charge in [-0.1, -0.05) is 0 Å². The summed E-state index contributed by atoms with van der Waals surface area (Å²) in [5.74, 6) is 0.355. The van der Waals surface area contributed by atoms with Gasteiger partial charge in [-0.05, 0) is 41.1 Å². The van der Waals surface area contributed by atoms with Crippen molar-refractivity contribution < 1.29 is 13.3 Å². The predicted molar refractivity (Wildman–Crippen MR) is 81.3 cm³/mol. The van der Waals surface area contributed by atoms with Crippen LogP contribution in [-0.2, 0) is 9.84 Å². The number of nitro groups is 1. The molecule has 1 aromatic carbocycles. The quantitative estimate of drug-likeness (QED) is 0.433. The van der Waals surface area contributed by atoms with E-state index in [1.807, 2.05) is 27.5 Å². The molecule has 1 aromatic rings. The van der Waals surface area contributed by atoms with Crippen LogP contribution in [0.2, 0.25) is 0 Å². The molecule has 0 saturated carbocycles. The summed E-state index contributed by atoms with van der Waals surface area (Å²) in [7, 11) is -2.94. The molecular weight excluding hydrogens is 383 g/mol. The Morgan fingerprint density at radius 2 is 2.00 bits per heavy atom. The number of sulfone groups is 1. The van der Waals surface area contributed by atoms with E-state index in [2.05, 4.69) is 0 Å². The molecule has 0 bridgehead atoms. The van der Waals surface area contributed by atoms with Crippen molar-refractivity contribution in [2.45, 2.75) is 6.42 Å². The van der Waals surface area contributed by atoms with Crippen molar-refractivity contribution in [2.75, 3.05) is 29.5 Å². The topological polar surface area (TPSA) is 80.5 Å². The largest absolute Gasteiger partial charge is 0.370 e. The molecule has 1 heterocycles. The second kappa shape index (κ2) is 5.61. The minimum atomic E-state index is -2.94. The van der Waals surface area contributed by atoms with Gasteiger partial charge in [-0.15, -0.1) is 0 Å². The number of anilines is 1. The van der Waals surface area contributed by atoms with Crippen molar-refractivity contribution >= 4 is 43.8 Å². The average molecular weight is 396 g/mol. The zero-order valence-electron chi connectivity index (χ0n) is 10.1. The Balaban J connectivity index is 2.23. The van der Waals surface area contributed by atoms with Gasteiger partial charge in [0.2, 0.25) is 0 Å². The fourth-order valence-electron chi connectivity index (χ4n) is 2.04. The van der Waals surface area contributed by atoms with E-state index in [1.165, 1.54) is 6.07 Å². The third-order valence-electron chi connectivity index (χ3n) is 3.05. The highest BCUT2D eigenvalue weighted by molar-refractivity contribution is 14.1. The van der Waals surface area contributed by atoms with E-state index in [9.17, 15) is 18.5 Å². The standard InChI is InChI=1S/C11H13IN2O4S/c12-10-8-9(2-3-11(10)14(15)16)13-4-1-6-19(17,18)7-5-13/h2-3,8H,1,4-7H2. The van der Waals surface area contributed by atoms with Crippen LogP contribution in [0.3, 0.4) is 0 Å². The Hall–Kier alpha value is -0.900. The lowest BCUT2D eigenvalue weighted by Crippen LogP contribution is -2.26. The van der Waals surface area contributed by atoms with Gasteiger partial charge in [0.05, 0.1) is 20.0 Å². The maximum absolute atomic E-state index is 11.5. The molecule has 19 heavy (non-hydrogen) atoms. The van der Waals surface area contributed by atoms with Gasteiger partial charge < -0.3 is 4.90 Å². The van der Waals surface area contributed by atoms with Crippen LogP contribution >= 0.6 is 22.6 Å². The van der Waals surface area contributed by atoms with Gasteiger partial charge in [-0.3, -0.25) is 10.1 Å². The number of hydrogen-bond donors (Lipinski definition) is 0. The minimum Gasteiger partial charge on any atom is -0.370 e. The number of halogens is 1. The number of nitro benzene ring substituents is 1. The molecule has 0 aromatic heterocycles. The predicted octanol–water partition coefficient (Wildman–Crippen LogP) is 1.82. The molecule has 0 atom stereocenters. The fraction of sp³-hybridized carbons (Fsp3) is 0.455. The van der Waals surface area contributed by atoms with Gasteiger partial charge in [0.1, 0.15) is 0 Å². The second-order valence-corrected chi connectivity index (χ2v) is 7.85. The Bertz CT molecular complexity index is 603. The van der Waals surface area contributed by atoms with E-state index in [-0.39, 0.29) is 17.2 Å². The zero-order valence-corrected chi connectivity index (χ0v) is 13.1. The molecule has 1 aliphatic rings. The van der Waals surface area contributed by atoms with Crippen LogP contribution in [0.5, 0.6) is 0 Å². The molecule has 0 amide bonds. The van der Waals surface area contributed by atoms with Crippen molar-refractivity contribution in [3.8, 4) is 0 Å². The van der Waals surface area contributed by atoms with Crippen molar-refractivity contribution in [3.63, 3.8) is 0 Å². The average Bonchev–Trinajstić information content (AvgIpc) is 2.49. The first-order valence-electron chi connectivity index (χ1n) is 5.78. The molecule has 1 aliphatic heterocycles. The maximum atomic E-state index is 11.5. The number of rotatable bonds is 2. The van der Waals surface area contributed by atoms with Gasteiger partial charge in [0.25, 0.3) is 5.69 Å². The molecule has 0 aliphatic carbocycles. The van der Waals surface area contributed by atoms with E-state index in [0.29, 0.717) is 23.1 Å². The lowest BCUT2D eigenvalue weighted by molar-refractivity contribution is -0.385. The van der Waals surface area contributed by atoms with Gasteiger partial charge in [0, 0.05) is 24.8 Å². The monoisotopic (exact) mass is 396 g/mol. The summed E-state index contributed by atoms with van der Waals surface area (Å²) in [4.78, 5) is 12.3. The lowest BCUT2D eigenvalue weighted by atomic mass is 10.2. The summed E-state index contributed by atoms with van der Waals surface area (Å²) in [6.07, 6.45) is 0.593. The molecule has 104 valence electrons. The Kier molecular flexibility index (Phi) is 4.29. The van der Waals surface area contributed by atoms with Crippen molar-refractivity contribution in [3.05, 3.63) is 31.9 Å². The molecule has 0 radical (unpaired) electrons. The second-order valence-electron chi connectivity index (χ2n) is 4.39. The SMILES string of the molecule is O=[N+]([O-])c1ccc(N2CCCS(=O)(=O)CC2)cc1I. The third-order valence-corrected chi connectivity index (χ3v) is 5.63. The van der Waals surface area contributed by atoms with Crippen LogP contribution in [0.15, 0.2) is 18.2 Å². The van der Waals surface area contributed by atoms with Crippen LogP contribution in [-0.4, -0.2) is 37.9 Å². The van der Waals surface area contributed by atoms with Crippen LogP contribution < -0.4 is 4.90 Å². The smallest absolute Gasteiger partial charge is 0.282 e. The summed E-state index contributed by atoms with van der Waals surface area (Å²) in [6.45, 7) is 1.10. The minimum absolute atomic E-state index is 0.0757. The fourth-order valence-corrected chi connectivity index (χ4v) is 4.00.